The first-order valence-electron chi connectivity index (χ1n) is 9.73. The third-order valence-electron chi connectivity index (χ3n) is 5.64. The number of fused-ring (bicyclic) bond motifs is 1. The van der Waals surface area contributed by atoms with E-state index in [-0.39, 0.29) is 42.6 Å². The Kier molecular flexibility index (Phi) is 8.18. The minimum absolute atomic E-state index is 0. The average molecular weight is 450 g/mol. The van der Waals surface area contributed by atoms with Crippen LogP contribution >= 0.6 is 24.8 Å². The van der Waals surface area contributed by atoms with Gasteiger partial charge in [-0.15, -0.1) is 24.8 Å². The van der Waals surface area contributed by atoms with E-state index in [1.165, 1.54) is 12.1 Å². The number of hydrogen-bond donors (Lipinski definition) is 1. The Morgan fingerprint density at radius 1 is 1.10 bits per heavy atom. The Morgan fingerprint density at radius 2 is 1.77 bits per heavy atom. The quantitative estimate of drug-likeness (QED) is 0.605. The SMILES string of the molecule is CC(N)C1CCN(C(=O)c2cc(-c3ccccc3)nc3cc(F)ccc23)CC1.Cl.Cl. The Labute approximate surface area is 188 Å². The number of nitrogens with two attached hydrogens (primary N) is 1. The molecule has 1 unspecified atom stereocenters. The monoisotopic (exact) mass is 449 g/mol. The molecule has 7 heteroatoms. The van der Waals surface area contributed by atoms with Gasteiger partial charge in [0.25, 0.3) is 5.91 Å². The number of hydrogen-bond acceptors (Lipinski definition) is 3. The summed E-state index contributed by atoms with van der Waals surface area (Å²) in [5, 5.41) is 0.681. The van der Waals surface area contributed by atoms with Gasteiger partial charge in [-0.25, -0.2) is 9.37 Å². The second kappa shape index (κ2) is 10.2. The lowest BCUT2D eigenvalue weighted by atomic mass is 9.90. The maximum Gasteiger partial charge on any atom is 0.254 e. The van der Waals surface area contributed by atoms with Crippen molar-refractivity contribution in [3.63, 3.8) is 0 Å². The van der Waals surface area contributed by atoms with Crippen molar-refractivity contribution in [2.24, 2.45) is 11.7 Å². The molecule has 2 heterocycles. The van der Waals surface area contributed by atoms with Gasteiger partial charge in [-0.05, 0) is 43.9 Å². The molecule has 1 amide bonds. The molecule has 30 heavy (non-hydrogen) atoms. The minimum Gasteiger partial charge on any atom is -0.339 e. The Balaban J connectivity index is 0.00000160. The van der Waals surface area contributed by atoms with Crippen molar-refractivity contribution in [1.29, 1.82) is 0 Å². The van der Waals surface area contributed by atoms with Crippen molar-refractivity contribution in [3.05, 3.63) is 66.0 Å². The van der Waals surface area contributed by atoms with Gasteiger partial charge in [-0.1, -0.05) is 30.3 Å². The van der Waals surface area contributed by atoms with Crippen LogP contribution in [0.15, 0.2) is 54.6 Å². The summed E-state index contributed by atoms with van der Waals surface area (Å²) in [7, 11) is 0. The molecule has 0 bridgehead atoms. The van der Waals surface area contributed by atoms with Gasteiger partial charge in [-0.3, -0.25) is 4.79 Å². The maximum absolute atomic E-state index is 13.8. The van der Waals surface area contributed by atoms with E-state index < -0.39 is 0 Å². The van der Waals surface area contributed by atoms with Crippen LogP contribution in [-0.2, 0) is 0 Å². The average Bonchev–Trinajstić information content (AvgIpc) is 2.73. The summed E-state index contributed by atoms with van der Waals surface area (Å²) >= 11 is 0. The van der Waals surface area contributed by atoms with Gasteiger partial charge in [0.15, 0.2) is 0 Å². The third kappa shape index (κ3) is 4.91. The molecule has 0 aliphatic carbocycles. The summed E-state index contributed by atoms with van der Waals surface area (Å²) in [6.07, 6.45) is 1.82. The molecule has 2 N–H and O–H groups in total. The number of pyridine rings is 1. The van der Waals surface area contributed by atoms with Crippen LogP contribution in [0.1, 0.15) is 30.1 Å². The van der Waals surface area contributed by atoms with Crippen molar-refractivity contribution in [2.75, 3.05) is 13.1 Å². The molecule has 160 valence electrons. The molecule has 1 fully saturated rings. The first-order valence-corrected chi connectivity index (χ1v) is 9.73. The van der Waals surface area contributed by atoms with E-state index in [9.17, 15) is 9.18 Å². The molecular formula is C23H26Cl2FN3O. The smallest absolute Gasteiger partial charge is 0.254 e. The highest BCUT2D eigenvalue weighted by atomic mass is 35.5. The van der Waals surface area contributed by atoms with E-state index >= 15 is 0 Å². The predicted molar refractivity (Wildman–Crippen MR) is 124 cm³/mol. The topological polar surface area (TPSA) is 59.2 Å². The lowest BCUT2D eigenvalue weighted by molar-refractivity contribution is 0.0683. The highest BCUT2D eigenvalue weighted by molar-refractivity contribution is 6.07. The highest BCUT2D eigenvalue weighted by Crippen LogP contribution is 2.28. The van der Waals surface area contributed by atoms with Crippen LogP contribution in [0.5, 0.6) is 0 Å². The molecule has 0 spiro atoms. The largest absolute Gasteiger partial charge is 0.339 e. The van der Waals surface area contributed by atoms with E-state index in [2.05, 4.69) is 4.98 Å². The number of likely N-dealkylation sites (tertiary alicyclic amines) is 1. The van der Waals surface area contributed by atoms with Crippen LogP contribution in [0, 0.1) is 11.7 Å². The number of carbonyl (C=O) groups excluding carboxylic acids is 1. The zero-order valence-corrected chi connectivity index (χ0v) is 18.4. The zero-order chi connectivity index (χ0) is 19.7. The standard InChI is InChI=1S/C23H24FN3O.2ClH/c1-15(25)16-9-11-27(12-10-16)23(28)20-14-21(17-5-3-2-4-6-17)26-22-13-18(24)7-8-19(20)22;;/h2-8,13-16H,9-12,25H2,1H3;2*1H. The summed E-state index contributed by atoms with van der Waals surface area (Å²) in [5.74, 6) is 0.0629. The maximum atomic E-state index is 13.8. The molecule has 4 nitrogen and oxygen atoms in total. The number of amides is 1. The number of halogens is 3. The Bertz CT molecular complexity index is 1010. The van der Waals surface area contributed by atoms with Crippen molar-refractivity contribution in [3.8, 4) is 11.3 Å². The fourth-order valence-electron chi connectivity index (χ4n) is 3.93. The van der Waals surface area contributed by atoms with E-state index in [1.807, 2.05) is 48.2 Å². The van der Waals surface area contributed by atoms with Gasteiger partial charge in [0.2, 0.25) is 0 Å². The van der Waals surface area contributed by atoms with E-state index in [4.69, 9.17) is 5.73 Å². The molecule has 1 saturated heterocycles. The van der Waals surface area contributed by atoms with Crippen molar-refractivity contribution < 1.29 is 9.18 Å². The fourth-order valence-corrected chi connectivity index (χ4v) is 3.93. The molecule has 4 rings (SSSR count). The number of rotatable bonds is 3. The van der Waals surface area contributed by atoms with Crippen molar-refractivity contribution in [2.45, 2.75) is 25.8 Å². The molecule has 3 aromatic rings. The second-order valence-corrected chi connectivity index (χ2v) is 7.57. The summed E-state index contributed by atoms with van der Waals surface area (Å²) in [6, 6.07) is 16.0. The molecule has 1 atom stereocenters. The molecule has 0 radical (unpaired) electrons. The number of piperidine rings is 1. The zero-order valence-electron chi connectivity index (χ0n) is 16.8. The van der Waals surface area contributed by atoms with Crippen LogP contribution in [0.4, 0.5) is 4.39 Å². The lowest BCUT2D eigenvalue weighted by Crippen LogP contribution is -2.42. The Morgan fingerprint density at radius 3 is 2.40 bits per heavy atom. The van der Waals surface area contributed by atoms with Gasteiger partial charge >= 0.3 is 0 Å². The van der Waals surface area contributed by atoms with Gasteiger partial charge in [0.1, 0.15) is 5.82 Å². The summed E-state index contributed by atoms with van der Waals surface area (Å²) < 4.78 is 13.8. The molecular weight excluding hydrogens is 424 g/mol. The number of nitrogens with zero attached hydrogens (tertiary/aromatic N) is 2. The number of aromatic nitrogens is 1. The van der Waals surface area contributed by atoms with E-state index in [0.29, 0.717) is 41.2 Å². The normalized spacial score (nSPS) is 15.2. The first kappa shape index (κ1) is 24.1. The first-order chi connectivity index (χ1) is 13.5. The number of benzene rings is 2. The summed E-state index contributed by atoms with van der Waals surface area (Å²) in [6.45, 7) is 3.41. The van der Waals surface area contributed by atoms with Crippen LogP contribution in [0.2, 0.25) is 0 Å². The van der Waals surface area contributed by atoms with Crippen LogP contribution in [-0.4, -0.2) is 34.9 Å². The second-order valence-electron chi connectivity index (χ2n) is 7.57. The van der Waals surface area contributed by atoms with Gasteiger partial charge in [0, 0.05) is 36.1 Å². The summed E-state index contributed by atoms with van der Waals surface area (Å²) in [4.78, 5) is 19.8. The molecule has 0 saturated carbocycles. The van der Waals surface area contributed by atoms with E-state index in [1.54, 1.807) is 6.07 Å². The molecule has 1 aliphatic heterocycles. The van der Waals surface area contributed by atoms with Gasteiger partial charge in [-0.2, -0.15) is 0 Å². The highest BCUT2D eigenvalue weighted by Gasteiger charge is 2.27. The van der Waals surface area contributed by atoms with Gasteiger partial charge < -0.3 is 10.6 Å². The molecule has 1 aromatic heterocycles. The van der Waals surface area contributed by atoms with Crippen LogP contribution in [0.25, 0.3) is 22.2 Å². The fraction of sp³-hybridized carbons (Fsp3) is 0.304. The van der Waals surface area contributed by atoms with Crippen molar-refractivity contribution >= 4 is 41.6 Å². The lowest BCUT2D eigenvalue weighted by Gasteiger charge is -2.34. The van der Waals surface area contributed by atoms with Gasteiger partial charge in [0.05, 0.1) is 16.8 Å². The molecule has 1 aliphatic rings. The van der Waals surface area contributed by atoms with Crippen LogP contribution < -0.4 is 5.73 Å². The molecule has 2 aromatic carbocycles. The van der Waals surface area contributed by atoms with E-state index in [0.717, 1.165) is 18.4 Å². The van der Waals surface area contributed by atoms with Crippen LogP contribution in [0.3, 0.4) is 0 Å². The number of carbonyl (C=O) groups is 1. The summed E-state index contributed by atoms with van der Waals surface area (Å²) in [5.41, 5.74) is 8.67. The minimum atomic E-state index is -0.360. The van der Waals surface area contributed by atoms with Crippen molar-refractivity contribution in [1.82, 2.24) is 9.88 Å². The predicted octanol–water partition coefficient (Wildman–Crippen LogP) is 5.08. The Hall–Kier alpha value is -2.21. The third-order valence-corrected chi connectivity index (χ3v) is 5.64.